The van der Waals surface area contributed by atoms with E-state index in [2.05, 4.69) is 5.32 Å². The average Bonchev–Trinajstić information content (AvgIpc) is 2.82. The number of aromatic carboxylic acids is 1. The number of nitrogens with zero attached hydrogens (tertiary/aromatic N) is 1. The fourth-order valence-corrected chi connectivity index (χ4v) is 3.34. The van der Waals surface area contributed by atoms with Gasteiger partial charge in [-0.2, -0.15) is 0 Å². The Bertz CT molecular complexity index is 1160. The Morgan fingerprint density at radius 1 is 0.857 bits per heavy atom. The van der Waals surface area contributed by atoms with Crippen LogP contribution in [-0.4, -0.2) is 41.0 Å². The van der Waals surface area contributed by atoms with Crippen LogP contribution in [0, 0.1) is 11.6 Å². The van der Waals surface area contributed by atoms with Crippen molar-refractivity contribution in [1.29, 1.82) is 0 Å². The Morgan fingerprint density at radius 3 is 1.91 bits per heavy atom. The first-order valence-electron chi connectivity index (χ1n) is 10.4. The van der Waals surface area contributed by atoms with Crippen molar-refractivity contribution >= 4 is 35.1 Å². The summed E-state index contributed by atoms with van der Waals surface area (Å²) in [5.74, 6) is -3.20. The first kappa shape index (κ1) is 25.8. The summed E-state index contributed by atoms with van der Waals surface area (Å²) in [5.41, 5.74) is 1.19. The van der Waals surface area contributed by atoms with Crippen molar-refractivity contribution in [2.75, 3.05) is 18.5 Å². The minimum Gasteiger partial charge on any atom is -0.478 e. The summed E-state index contributed by atoms with van der Waals surface area (Å²) >= 11 is 5.80. The van der Waals surface area contributed by atoms with Crippen molar-refractivity contribution in [3.8, 4) is 0 Å². The van der Waals surface area contributed by atoms with Gasteiger partial charge in [-0.3, -0.25) is 9.59 Å². The molecule has 2 N–H and O–H groups in total. The molecule has 0 aromatic heterocycles. The van der Waals surface area contributed by atoms with E-state index in [1.165, 1.54) is 47.4 Å². The van der Waals surface area contributed by atoms with Gasteiger partial charge < -0.3 is 20.1 Å². The zero-order chi connectivity index (χ0) is 25.4. The van der Waals surface area contributed by atoms with Crippen LogP contribution in [0.25, 0.3) is 0 Å². The predicted octanol–water partition coefficient (Wildman–Crippen LogP) is 4.50. The second-order valence-corrected chi connectivity index (χ2v) is 7.98. The maximum Gasteiger partial charge on any atom is 0.337 e. The number of ether oxygens (including phenoxy) is 1. The van der Waals surface area contributed by atoms with Gasteiger partial charge in [0.15, 0.2) is 0 Å². The van der Waals surface area contributed by atoms with E-state index in [1.807, 2.05) is 0 Å². The normalized spacial score (nSPS) is 10.6. The summed E-state index contributed by atoms with van der Waals surface area (Å²) in [6.07, 6.45) is 0. The minimum atomic E-state index is -1.27. The number of anilines is 1. The zero-order valence-electron chi connectivity index (χ0n) is 18.3. The number of benzene rings is 3. The van der Waals surface area contributed by atoms with Gasteiger partial charge in [-0.05, 0) is 53.6 Å². The standard InChI is InChI=1S/C25H21ClF2N2O5/c26-18-5-10-22(21(11-18)25(33)34)29-23(31)14-35-15-24(32)30(12-16-1-6-19(27)7-2-16)13-17-3-8-20(28)9-4-17/h1-11H,12-15H2,(H,29,31)(H,33,34). The Morgan fingerprint density at radius 2 is 1.40 bits per heavy atom. The first-order valence-corrected chi connectivity index (χ1v) is 10.8. The van der Waals surface area contributed by atoms with Crippen LogP contribution >= 0.6 is 11.6 Å². The molecule has 0 spiro atoms. The molecule has 0 atom stereocenters. The quantitative estimate of drug-likeness (QED) is 0.425. The molecule has 3 aromatic rings. The van der Waals surface area contributed by atoms with Crippen molar-refractivity contribution in [3.05, 3.63) is 100 Å². The first-order chi connectivity index (χ1) is 16.7. The maximum absolute atomic E-state index is 13.2. The molecule has 0 radical (unpaired) electrons. The van der Waals surface area contributed by atoms with Crippen molar-refractivity contribution in [3.63, 3.8) is 0 Å². The van der Waals surface area contributed by atoms with E-state index >= 15 is 0 Å². The van der Waals surface area contributed by atoms with E-state index in [0.29, 0.717) is 11.1 Å². The number of carbonyl (C=O) groups excluding carboxylic acids is 2. The zero-order valence-corrected chi connectivity index (χ0v) is 19.1. The average molecular weight is 503 g/mol. The molecule has 182 valence electrons. The summed E-state index contributed by atoms with van der Waals surface area (Å²) in [4.78, 5) is 37.8. The molecule has 3 aromatic carbocycles. The second kappa shape index (κ2) is 12.0. The summed E-state index contributed by atoms with van der Waals surface area (Å²) in [6.45, 7) is -0.672. The van der Waals surface area contributed by atoms with Gasteiger partial charge in [0.1, 0.15) is 24.8 Å². The molecule has 35 heavy (non-hydrogen) atoms. The van der Waals surface area contributed by atoms with Crippen LogP contribution in [0.15, 0.2) is 66.7 Å². The van der Waals surface area contributed by atoms with Crippen LogP contribution in [0.4, 0.5) is 14.5 Å². The lowest BCUT2D eigenvalue weighted by atomic mass is 10.1. The van der Waals surface area contributed by atoms with Crippen LogP contribution in [0.3, 0.4) is 0 Å². The molecule has 2 amide bonds. The Kier molecular flexibility index (Phi) is 8.88. The molecule has 0 saturated carbocycles. The number of carboxylic acid groups (broad SMARTS) is 1. The topological polar surface area (TPSA) is 95.9 Å². The van der Waals surface area contributed by atoms with Crippen LogP contribution in [0.1, 0.15) is 21.5 Å². The fourth-order valence-electron chi connectivity index (χ4n) is 3.16. The molecular weight excluding hydrogens is 482 g/mol. The third kappa shape index (κ3) is 7.87. The summed E-state index contributed by atoms with van der Waals surface area (Å²) < 4.78 is 31.7. The molecule has 3 rings (SSSR count). The highest BCUT2D eigenvalue weighted by Crippen LogP contribution is 2.21. The largest absolute Gasteiger partial charge is 0.478 e. The van der Waals surface area contributed by atoms with Crippen molar-refractivity contribution in [1.82, 2.24) is 4.90 Å². The summed E-state index contributed by atoms with van der Waals surface area (Å²) in [7, 11) is 0. The predicted molar refractivity (Wildman–Crippen MR) is 125 cm³/mol. The summed E-state index contributed by atoms with van der Waals surface area (Å²) in [5, 5.41) is 11.9. The number of carbonyl (C=O) groups is 3. The Balaban J connectivity index is 1.61. The lowest BCUT2D eigenvalue weighted by Crippen LogP contribution is -2.34. The van der Waals surface area contributed by atoms with E-state index in [4.69, 9.17) is 16.3 Å². The number of carboxylic acids is 1. The summed E-state index contributed by atoms with van der Waals surface area (Å²) in [6, 6.07) is 15.3. The van der Waals surface area contributed by atoms with Gasteiger partial charge in [0.25, 0.3) is 0 Å². The fraction of sp³-hybridized carbons (Fsp3) is 0.160. The number of hydrogen-bond donors (Lipinski definition) is 2. The lowest BCUT2D eigenvalue weighted by Gasteiger charge is -2.23. The van der Waals surface area contributed by atoms with Crippen LogP contribution < -0.4 is 5.32 Å². The molecule has 7 nitrogen and oxygen atoms in total. The number of nitrogens with one attached hydrogen (secondary N) is 1. The SMILES string of the molecule is O=C(COCC(=O)N(Cc1ccc(F)cc1)Cc1ccc(F)cc1)Nc1ccc(Cl)cc1C(=O)O. The monoisotopic (exact) mass is 502 g/mol. The van der Waals surface area contributed by atoms with E-state index in [0.717, 1.165) is 0 Å². The Hall–Kier alpha value is -3.82. The number of hydrogen-bond acceptors (Lipinski definition) is 4. The van der Waals surface area contributed by atoms with Crippen LogP contribution in [0.5, 0.6) is 0 Å². The van der Waals surface area contributed by atoms with Gasteiger partial charge in [0, 0.05) is 18.1 Å². The molecule has 10 heteroatoms. The van der Waals surface area contributed by atoms with E-state index in [1.54, 1.807) is 24.3 Å². The third-order valence-electron chi connectivity index (χ3n) is 4.87. The van der Waals surface area contributed by atoms with Gasteiger partial charge in [-0.15, -0.1) is 0 Å². The minimum absolute atomic E-state index is 0.0380. The van der Waals surface area contributed by atoms with Gasteiger partial charge in [0.05, 0.1) is 11.3 Å². The van der Waals surface area contributed by atoms with Crippen LogP contribution in [0.2, 0.25) is 5.02 Å². The molecule has 0 aliphatic rings. The molecule has 0 saturated heterocycles. The second-order valence-electron chi connectivity index (χ2n) is 7.54. The molecule has 0 fully saturated rings. The molecule has 0 aliphatic heterocycles. The van der Waals surface area contributed by atoms with Crippen molar-refractivity contribution < 1.29 is 33.0 Å². The smallest absolute Gasteiger partial charge is 0.337 e. The number of halogens is 3. The lowest BCUT2D eigenvalue weighted by molar-refractivity contribution is -0.138. The highest BCUT2D eigenvalue weighted by molar-refractivity contribution is 6.31. The van der Waals surface area contributed by atoms with E-state index in [-0.39, 0.29) is 29.4 Å². The van der Waals surface area contributed by atoms with Gasteiger partial charge in [-0.1, -0.05) is 35.9 Å². The third-order valence-corrected chi connectivity index (χ3v) is 5.11. The van der Waals surface area contributed by atoms with Gasteiger partial charge in [-0.25, -0.2) is 13.6 Å². The maximum atomic E-state index is 13.2. The van der Waals surface area contributed by atoms with E-state index < -0.39 is 42.6 Å². The molecule has 0 bridgehead atoms. The van der Waals surface area contributed by atoms with Crippen molar-refractivity contribution in [2.24, 2.45) is 0 Å². The molecule has 0 aliphatic carbocycles. The van der Waals surface area contributed by atoms with Gasteiger partial charge in [0.2, 0.25) is 11.8 Å². The van der Waals surface area contributed by atoms with Crippen molar-refractivity contribution in [2.45, 2.75) is 13.1 Å². The molecular formula is C25H21ClF2N2O5. The Labute approximate surface area is 204 Å². The molecule has 0 unspecified atom stereocenters. The number of amides is 2. The molecule has 0 heterocycles. The van der Waals surface area contributed by atoms with Gasteiger partial charge >= 0.3 is 5.97 Å². The van der Waals surface area contributed by atoms with E-state index in [9.17, 15) is 28.3 Å². The number of rotatable bonds is 10. The highest BCUT2D eigenvalue weighted by Gasteiger charge is 2.17. The highest BCUT2D eigenvalue weighted by atomic mass is 35.5. The van der Waals surface area contributed by atoms with Crippen LogP contribution in [-0.2, 0) is 27.4 Å².